The summed E-state index contributed by atoms with van der Waals surface area (Å²) in [6, 6.07) is 0.794. The van der Waals surface area contributed by atoms with Gasteiger partial charge in [-0.2, -0.15) is 21.6 Å². The van der Waals surface area contributed by atoms with Crippen LogP contribution in [0.3, 0.4) is 0 Å². The van der Waals surface area contributed by atoms with Gasteiger partial charge in [0.1, 0.15) is 11.5 Å². The number of ketones is 1. The van der Waals surface area contributed by atoms with Gasteiger partial charge in [0.15, 0.2) is 5.78 Å². The number of hydrogen-bond donors (Lipinski definition) is 0. The summed E-state index contributed by atoms with van der Waals surface area (Å²) in [6.45, 7) is 2.79. The molecule has 0 radical (unpaired) electrons. The number of methoxy groups -OCH3 is 2. The molecule has 0 saturated carbocycles. The van der Waals surface area contributed by atoms with Gasteiger partial charge in [-0.15, -0.1) is 0 Å². The zero-order valence-corrected chi connectivity index (χ0v) is 18.6. The van der Waals surface area contributed by atoms with Gasteiger partial charge >= 0.3 is 21.6 Å². The smallest absolute Gasteiger partial charge is 0.465 e. The number of anilines is 1. The Labute approximate surface area is 182 Å². The van der Waals surface area contributed by atoms with Crippen molar-refractivity contribution in [3.05, 3.63) is 17.3 Å². The maximum atomic E-state index is 13.1. The summed E-state index contributed by atoms with van der Waals surface area (Å²) in [5.74, 6) is -4.43. The Morgan fingerprint density at radius 1 is 1.28 bits per heavy atom. The second-order valence-electron chi connectivity index (χ2n) is 6.83. The average molecular weight is 484 g/mol. The fourth-order valence-corrected chi connectivity index (χ4v) is 3.66. The fraction of sp³-hybridized carbons (Fsp3) is 0.611. The molecule has 1 atom stereocenters. The van der Waals surface area contributed by atoms with Crippen molar-refractivity contribution < 1.29 is 49.6 Å². The minimum Gasteiger partial charge on any atom is -0.465 e. The number of fused-ring (bicyclic) bond motifs is 1. The van der Waals surface area contributed by atoms with Gasteiger partial charge in [0.2, 0.25) is 5.88 Å². The molecule has 0 aromatic carbocycles. The molecule has 10 nitrogen and oxygen atoms in total. The van der Waals surface area contributed by atoms with E-state index in [1.165, 1.54) is 39.0 Å². The van der Waals surface area contributed by atoms with Gasteiger partial charge in [0.25, 0.3) is 0 Å². The first-order valence-electron chi connectivity index (χ1n) is 9.35. The van der Waals surface area contributed by atoms with Crippen molar-refractivity contribution in [1.29, 1.82) is 0 Å². The van der Waals surface area contributed by atoms with E-state index in [0.717, 1.165) is 0 Å². The second-order valence-corrected chi connectivity index (χ2v) is 8.37. The normalized spacial score (nSPS) is 16.8. The lowest BCUT2D eigenvalue weighted by Crippen LogP contribution is -2.51. The van der Waals surface area contributed by atoms with Crippen LogP contribution in [0, 0.1) is 12.8 Å². The molecule has 1 aliphatic heterocycles. The summed E-state index contributed by atoms with van der Waals surface area (Å²) in [4.78, 5) is 30.7. The lowest BCUT2D eigenvalue weighted by atomic mass is 9.90. The Kier molecular flexibility index (Phi) is 8.07. The molecule has 0 bridgehead atoms. The quantitative estimate of drug-likeness (QED) is 0.220. The number of alkyl halides is 3. The molecule has 0 amide bonds. The Balaban J connectivity index is 2.72. The number of carbonyl (C=O) groups excluding carboxylic acids is 2. The van der Waals surface area contributed by atoms with Crippen molar-refractivity contribution in [3.8, 4) is 5.88 Å². The van der Waals surface area contributed by atoms with Crippen LogP contribution in [0.1, 0.15) is 23.0 Å². The fourth-order valence-electron chi connectivity index (χ4n) is 3.23. The molecule has 1 aromatic heterocycles. The highest BCUT2D eigenvalue weighted by molar-refractivity contribution is 7.88. The van der Waals surface area contributed by atoms with Gasteiger partial charge < -0.3 is 23.3 Å². The van der Waals surface area contributed by atoms with Crippen molar-refractivity contribution in [2.24, 2.45) is 5.92 Å². The van der Waals surface area contributed by atoms with Crippen LogP contribution < -0.4 is 9.08 Å². The first kappa shape index (κ1) is 25.8. The van der Waals surface area contributed by atoms with E-state index < -0.39 is 50.8 Å². The molecular weight excluding hydrogens is 461 g/mol. The molecule has 2 heterocycles. The Bertz CT molecular complexity index is 962. The van der Waals surface area contributed by atoms with E-state index in [0.29, 0.717) is 0 Å². The number of ether oxygens (including phenoxy) is 3. The third kappa shape index (κ3) is 5.30. The molecule has 1 aromatic rings. The van der Waals surface area contributed by atoms with E-state index in [4.69, 9.17) is 14.2 Å². The Hall–Kier alpha value is -2.45. The van der Waals surface area contributed by atoms with Crippen LogP contribution in [-0.2, 0) is 29.1 Å². The molecule has 180 valence electrons. The van der Waals surface area contributed by atoms with Crippen molar-refractivity contribution in [1.82, 2.24) is 4.98 Å². The zero-order valence-electron chi connectivity index (χ0n) is 17.8. The first-order chi connectivity index (χ1) is 14.9. The van der Waals surface area contributed by atoms with Crippen LogP contribution >= 0.6 is 0 Å². The van der Waals surface area contributed by atoms with Crippen LogP contribution in [0.15, 0.2) is 6.07 Å². The molecule has 1 aliphatic rings. The number of esters is 1. The Morgan fingerprint density at radius 2 is 1.88 bits per heavy atom. The van der Waals surface area contributed by atoms with Gasteiger partial charge in [0, 0.05) is 26.5 Å². The van der Waals surface area contributed by atoms with Crippen LogP contribution in [0.25, 0.3) is 0 Å². The van der Waals surface area contributed by atoms with Crippen LogP contribution in [-0.4, -0.2) is 77.3 Å². The number of hydrogen-bond acceptors (Lipinski definition) is 10. The van der Waals surface area contributed by atoms with E-state index in [2.05, 4.69) is 9.17 Å². The van der Waals surface area contributed by atoms with Gasteiger partial charge in [-0.1, -0.05) is 0 Å². The van der Waals surface area contributed by atoms with Gasteiger partial charge in [0.05, 0.1) is 31.5 Å². The number of halogens is 3. The number of nitrogens with zero attached hydrogens (tertiary/aromatic N) is 2. The van der Waals surface area contributed by atoms with E-state index in [1.54, 1.807) is 0 Å². The maximum absolute atomic E-state index is 13.1. The predicted molar refractivity (Wildman–Crippen MR) is 104 cm³/mol. The molecule has 1 unspecified atom stereocenters. The van der Waals surface area contributed by atoms with Crippen molar-refractivity contribution in [2.75, 3.05) is 45.5 Å². The minimum absolute atomic E-state index is 0.0366. The number of aromatic nitrogens is 1. The summed E-state index contributed by atoms with van der Waals surface area (Å²) < 4.78 is 81.5. The third-order valence-electron chi connectivity index (χ3n) is 4.55. The highest BCUT2D eigenvalue weighted by Crippen LogP contribution is 2.39. The average Bonchev–Trinajstić information content (AvgIpc) is 2.66. The summed E-state index contributed by atoms with van der Waals surface area (Å²) in [5, 5.41) is 0. The molecule has 0 saturated heterocycles. The molecule has 14 heteroatoms. The zero-order chi connectivity index (χ0) is 24.3. The van der Waals surface area contributed by atoms with Crippen molar-refractivity contribution in [2.45, 2.75) is 25.4 Å². The standard InChI is InChI=1S/C18H23F3N2O8S/c1-5-30-17(25)12-7-23(11(8-28-3)9-29-4)13-6-10(2)22-16(14(13)15(12)24)31-32(26,27)18(19,20)21/h6,11-12H,5,7-9H2,1-4H3. The van der Waals surface area contributed by atoms with E-state index in [9.17, 15) is 31.2 Å². The molecular formula is C18H23F3N2O8S. The number of carbonyl (C=O) groups is 2. The summed E-state index contributed by atoms with van der Waals surface area (Å²) in [5.41, 5.74) is -6.21. The summed E-state index contributed by atoms with van der Waals surface area (Å²) in [7, 11) is -3.32. The third-order valence-corrected chi connectivity index (χ3v) is 5.49. The minimum atomic E-state index is -6.13. The van der Waals surface area contributed by atoms with Gasteiger partial charge in [-0.25, -0.2) is 4.98 Å². The molecule has 0 aliphatic carbocycles. The molecule has 2 rings (SSSR count). The maximum Gasteiger partial charge on any atom is 0.534 e. The molecule has 32 heavy (non-hydrogen) atoms. The first-order valence-corrected chi connectivity index (χ1v) is 10.8. The summed E-state index contributed by atoms with van der Waals surface area (Å²) >= 11 is 0. The van der Waals surface area contributed by atoms with Crippen molar-refractivity contribution >= 4 is 27.6 Å². The predicted octanol–water partition coefficient (Wildman–Crippen LogP) is 1.46. The van der Waals surface area contributed by atoms with Crippen molar-refractivity contribution in [3.63, 3.8) is 0 Å². The molecule has 0 N–H and O–H groups in total. The Morgan fingerprint density at radius 3 is 2.38 bits per heavy atom. The largest absolute Gasteiger partial charge is 0.534 e. The SMILES string of the molecule is CCOC(=O)C1CN(C(COC)COC)c2cc(C)nc(OS(=O)(=O)C(F)(F)F)c2C1=O. The molecule has 0 spiro atoms. The van der Waals surface area contributed by atoms with Gasteiger partial charge in [-0.05, 0) is 19.9 Å². The number of pyridine rings is 1. The number of rotatable bonds is 9. The lowest BCUT2D eigenvalue weighted by Gasteiger charge is -2.39. The number of aryl methyl sites for hydroxylation is 1. The molecule has 0 fully saturated rings. The highest BCUT2D eigenvalue weighted by Gasteiger charge is 2.50. The van der Waals surface area contributed by atoms with Crippen LogP contribution in [0.4, 0.5) is 18.9 Å². The van der Waals surface area contributed by atoms with Crippen LogP contribution in [0.2, 0.25) is 0 Å². The van der Waals surface area contributed by atoms with E-state index in [1.807, 2.05) is 0 Å². The summed E-state index contributed by atoms with van der Waals surface area (Å²) in [6.07, 6.45) is 0. The lowest BCUT2D eigenvalue weighted by molar-refractivity contribution is -0.146. The van der Waals surface area contributed by atoms with E-state index >= 15 is 0 Å². The number of Topliss-reactive ketones (excluding diaryl/α,β-unsaturated/α-hetero) is 1. The second kappa shape index (κ2) is 10.0. The van der Waals surface area contributed by atoms with E-state index in [-0.39, 0.29) is 37.7 Å². The monoisotopic (exact) mass is 484 g/mol. The highest BCUT2D eigenvalue weighted by atomic mass is 32.2. The topological polar surface area (TPSA) is 121 Å². The van der Waals surface area contributed by atoms with Crippen LogP contribution in [0.5, 0.6) is 5.88 Å². The van der Waals surface area contributed by atoms with Gasteiger partial charge in [-0.3, -0.25) is 9.59 Å².